The molecule has 0 saturated carbocycles. The molecule has 11 heavy (non-hydrogen) atoms. The van der Waals surface area contributed by atoms with Gasteiger partial charge in [-0.2, -0.15) is 13.2 Å². The first-order valence-corrected chi connectivity index (χ1v) is 3.32. The molecular weight excluding hydrogens is 161 g/mol. The maximum atomic E-state index is 11.4. The van der Waals surface area contributed by atoms with Crippen LogP contribution in [-0.2, 0) is 4.74 Å². The molecule has 0 rings (SSSR count). The Morgan fingerprint density at radius 1 is 1.45 bits per heavy atom. The Morgan fingerprint density at radius 2 is 2.00 bits per heavy atom. The van der Waals surface area contributed by atoms with Gasteiger partial charge in [0.1, 0.15) is 0 Å². The van der Waals surface area contributed by atoms with Crippen LogP contribution < -0.4 is 0 Å². The minimum atomic E-state index is -4.20. The minimum absolute atomic E-state index is 0.303. The molecule has 5 heteroatoms. The van der Waals surface area contributed by atoms with Crippen LogP contribution in [0, 0.1) is 0 Å². The maximum absolute atomic E-state index is 11.4. The number of hydrogen-bond acceptors (Lipinski definition) is 2. The van der Waals surface area contributed by atoms with Gasteiger partial charge in [-0.05, 0) is 6.42 Å². The summed E-state index contributed by atoms with van der Waals surface area (Å²) in [7, 11) is 0. The van der Waals surface area contributed by atoms with Crippen molar-refractivity contribution in [1.82, 2.24) is 0 Å². The molecule has 0 bridgehead atoms. The molecule has 0 amide bonds. The normalized spacial score (nSPS) is 15.0. The summed E-state index contributed by atoms with van der Waals surface area (Å²) in [4.78, 5) is 0. The Bertz CT molecular complexity index is 102. The van der Waals surface area contributed by atoms with Crippen LogP contribution in [0.15, 0.2) is 0 Å². The van der Waals surface area contributed by atoms with Crippen molar-refractivity contribution in [3.05, 3.63) is 0 Å². The molecule has 0 aliphatic rings. The third kappa shape index (κ3) is 7.61. The molecule has 1 N–H and O–H groups in total. The van der Waals surface area contributed by atoms with E-state index in [-0.39, 0.29) is 0 Å². The summed E-state index contributed by atoms with van der Waals surface area (Å²) in [6.45, 7) is 1.15. The molecule has 0 aromatic rings. The van der Waals surface area contributed by atoms with Crippen molar-refractivity contribution in [3.8, 4) is 0 Å². The maximum Gasteiger partial charge on any atom is 0.391 e. The third-order valence-corrected chi connectivity index (χ3v) is 1.05. The van der Waals surface area contributed by atoms with Gasteiger partial charge in [-0.15, -0.1) is 0 Å². The lowest BCUT2D eigenvalue weighted by molar-refractivity contribution is -0.167. The number of rotatable bonds is 4. The van der Waals surface area contributed by atoms with Crippen molar-refractivity contribution in [2.45, 2.75) is 32.2 Å². The first-order chi connectivity index (χ1) is 4.95. The number of alkyl halides is 3. The Balaban J connectivity index is 3.28. The zero-order valence-electron chi connectivity index (χ0n) is 6.19. The first kappa shape index (κ1) is 10.7. The molecule has 0 aliphatic heterocycles. The lowest BCUT2D eigenvalue weighted by Gasteiger charge is -2.10. The van der Waals surface area contributed by atoms with Gasteiger partial charge in [-0.25, -0.2) is 0 Å². The van der Waals surface area contributed by atoms with E-state index >= 15 is 0 Å². The first-order valence-electron chi connectivity index (χ1n) is 3.32. The van der Waals surface area contributed by atoms with E-state index in [2.05, 4.69) is 4.74 Å². The van der Waals surface area contributed by atoms with Crippen molar-refractivity contribution >= 4 is 0 Å². The standard InChI is InChI=1S/C6H11F3O2/c1-2-5(10)11-4-3-6(7,8)9/h5,10H,2-4H2,1H3. The smallest absolute Gasteiger partial charge is 0.368 e. The number of aliphatic hydroxyl groups is 1. The van der Waals surface area contributed by atoms with Gasteiger partial charge in [0.2, 0.25) is 0 Å². The van der Waals surface area contributed by atoms with Crippen molar-refractivity contribution in [2.24, 2.45) is 0 Å². The number of ether oxygens (including phenoxy) is 1. The zero-order valence-corrected chi connectivity index (χ0v) is 6.19. The SMILES string of the molecule is CCC(O)OCCC(F)(F)F. The van der Waals surface area contributed by atoms with Crippen LogP contribution in [-0.4, -0.2) is 24.2 Å². The van der Waals surface area contributed by atoms with E-state index in [0.29, 0.717) is 6.42 Å². The predicted molar refractivity (Wildman–Crippen MR) is 32.9 cm³/mol. The molecule has 2 nitrogen and oxygen atoms in total. The second kappa shape index (κ2) is 4.56. The molecule has 68 valence electrons. The summed E-state index contributed by atoms with van der Waals surface area (Å²) in [6.07, 6.45) is -5.98. The van der Waals surface area contributed by atoms with Gasteiger partial charge in [-0.3, -0.25) is 0 Å². The highest BCUT2D eigenvalue weighted by atomic mass is 19.4. The fourth-order valence-corrected chi connectivity index (χ4v) is 0.429. The summed E-state index contributed by atoms with van der Waals surface area (Å²) in [6, 6.07) is 0. The highest BCUT2D eigenvalue weighted by Crippen LogP contribution is 2.19. The van der Waals surface area contributed by atoms with Gasteiger partial charge in [0.05, 0.1) is 13.0 Å². The van der Waals surface area contributed by atoms with Gasteiger partial charge in [0.25, 0.3) is 0 Å². The summed E-state index contributed by atoms with van der Waals surface area (Å²) < 4.78 is 38.7. The van der Waals surface area contributed by atoms with E-state index in [1.807, 2.05) is 0 Å². The molecule has 0 spiro atoms. The Kier molecular flexibility index (Phi) is 4.44. The fraction of sp³-hybridized carbons (Fsp3) is 1.00. The summed E-state index contributed by atoms with van der Waals surface area (Å²) >= 11 is 0. The molecule has 1 atom stereocenters. The van der Waals surface area contributed by atoms with Crippen LogP contribution >= 0.6 is 0 Å². The van der Waals surface area contributed by atoms with Gasteiger partial charge < -0.3 is 9.84 Å². The van der Waals surface area contributed by atoms with E-state index in [1.165, 1.54) is 0 Å². The Hall–Kier alpha value is -0.290. The average Bonchev–Trinajstić information content (AvgIpc) is 1.85. The molecule has 1 unspecified atom stereocenters. The van der Waals surface area contributed by atoms with Crippen LogP contribution in [0.2, 0.25) is 0 Å². The van der Waals surface area contributed by atoms with E-state index in [1.54, 1.807) is 6.92 Å². The topological polar surface area (TPSA) is 29.5 Å². The second-order valence-corrected chi connectivity index (χ2v) is 2.10. The summed E-state index contributed by atoms with van der Waals surface area (Å²) in [5, 5.41) is 8.67. The lowest BCUT2D eigenvalue weighted by atomic mass is 10.4. The van der Waals surface area contributed by atoms with Gasteiger partial charge >= 0.3 is 6.18 Å². The van der Waals surface area contributed by atoms with Crippen molar-refractivity contribution < 1.29 is 23.0 Å². The van der Waals surface area contributed by atoms with Gasteiger partial charge in [0, 0.05) is 0 Å². The van der Waals surface area contributed by atoms with Crippen LogP contribution in [0.5, 0.6) is 0 Å². The monoisotopic (exact) mass is 172 g/mol. The minimum Gasteiger partial charge on any atom is -0.368 e. The van der Waals surface area contributed by atoms with Gasteiger partial charge in [0.15, 0.2) is 6.29 Å². The second-order valence-electron chi connectivity index (χ2n) is 2.10. The molecular formula is C6H11F3O2. The quantitative estimate of drug-likeness (QED) is 0.654. The molecule has 0 aliphatic carbocycles. The van der Waals surface area contributed by atoms with E-state index in [0.717, 1.165) is 0 Å². The van der Waals surface area contributed by atoms with E-state index in [9.17, 15) is 13.2 Å². The Labute approximate surface area is 63.0 Å². The molecule has 0 aromatic carbocycles. The summed E-state index contributed by atoms with van der Waals surface area (Å²) in [5.74, 6) is 0. The molecule has 0 saturated heterocycles. The molecule has 0 aromatic heterocycles. The van der Waals surface area contributed by atoms with E-state index < -0.39 is 25.5 Å². The van der Waals surface area contributed by atoms with Crippen molar-refractivity contribution in [2.75, 3.05) is 6.61 Å². The number of hydrogen-bond donors (Lipinski definition) is 1. The van der Waals surface area contributed by atoms with Crippen molar-refractivity contribution in [1.29, 1.82) is 0 Å². The van der Waals surface area contributed by atoms with Gasteiger partial charge in [-0.1, -0.05) is 6.92 Å². The largest absolute Gasteiger partial charge is 0.391 e. The Morgan fingerprint density at radius 3 is 2.36 bits per heavy atom. The third-order valence-electron chi connectivity index (χ3n) is 1.05. The highest BCUT2D eigenvalue weighted by molar-refractivity contribution is 4.48. The molecule has 0 radical (unpaired) electrons. The van der Waals surface area contributed by atoms with Crippen LogP contribution in [0.3, 0.4) is 0 Å². The van der Waals surface area contributed by atoms with Crippen LogP contribution in [0.1, 0.15) is 19.8 Å². The highest BCUT2D eigenvalue weighted by Gasteiger charge is 2.26. The van der Waals surface area contributed by atoms with Crippen molar-refractivity contribution in [3.63, 3.8) is 0 Å². The molecule has 0 heterocycles. The lowest BCUT2D eigenvalue weighted by Crippen LogP contribution is -2.16. The summed E-state index contributed by atoms with van der Waals surface area (Å²) in [5.41, 5.74) is 0. The number of halogens is 3. The number of aliphatic hydroxyl groups excluding tert-OH is 1. The zero-order chi connectivity index (χ0) is 8.91. The van der Waals surface area contributed by atoms with Crippen LogP contribution in [0.25, 0.3) is 0 Å². The predicted octanol–water partition coefficient (Wildman–Crippen LogP) is 1.68. The van der Waals surface area contributed by atoms with E-state index in [4.69, 9.17) is 5.11 Å². The fourth-order valence-electron chi connectivity index (χ4n) is 0.429. The molecule has 0 fully saturated rings. The average molecular weight is 172 g/mol. The van der Waals surface area contributed by atoms with Crippen LogP contribution in [0.4, 0.5) is 13.2 Å².